The lowest BCUT2D eigenvalue weighted by atomic mass is 10.0. The van der Waals surface area contributed by atoms with Crippen molar-refractivity contribution < 1.29 is 19.7 Å². The molecule has 0 fully saturated rings. The van der Waals surface area contributed by atoms with Gasteiger partial charge < -0.3 is 14.9 Å². The molecule has 39 heavy (non-hydrogen) atoms. The van der Waals surface area contributed by atoms with Crippen LogP contribution in [0.5, 0.6) is 5.75 Å². The van der Waals surface area contributed by atoms with Gasteiger partial charge in [-0.05, 0) is 37.9 Å². The number of ether oxygens (including phenoxy) is 1. The van der Waals surface area contributed by atoms with Crippen LogP contribution < -0.4 is 4.74 Å². The first-order valence-electron chi connectivity index (χ1n) is 16.4. The Hall–Kier alpha value is -1.43. The zero-order valence-electron chi connectivity index (χ0n) is 25.5. The first-order valence-corrected chi connectivity index (χ1v) is 16.4. The fourth-order valence-corrected chi connectivity index (χ4v) is 5.18. The van der Waals surface area contributed by atoms with E-state index in [4.69, 9.17) is 4.74 Å². The van der Waals surface area contributed by atoms with Gasteiger partial charge in [0.1, 0.15) is 5.75 Å². The molecule has 5 heteroatoms. The van der Waals surface area contributed by atoms with Crippen molar-refractivity contribution in [2.75, 3.05) is 19.6 Å². The highest BCUT2D eigenvalue weighted by Gasteiger charge is 2.17. The summed E-state index contributed by atoms with van der Waals surface area (Å²) in [5.74, 6) is 0.334. The maximum absolute atomic E-state index is 12.3. The van der Waals surface area contributed by atoms with Gasteiger partial charge in [0.15, 0.2) is 0 Å². The Labute approximate surface area is 240 Å². The molecule has 5 nitrogen and oxygen atoms in total. The molecule has 0 saturated carbocycles. The van der Waals surface area contributed by atoms with E-state index in [1.165, 1.54) is 89.9 Å². The average Bonchev–Trinajstić information content (AvgIpc) is 2.92. The normalized spacial score (nSPS) is 13.1. The van der Waals surface area contributed by atoms with Crippen LogP contribution in [0.1, 0.15) is 142 Å². The summed E-state index contributed by atoms with van der Waals surface area (Å²) in [5, 5.41) is 21.5. The number of para-hydroxylation sites is 1. The topological polar surface area (TPSA) is 70.0 Å². The second kappa shape index (κ2) is 25.5. The molecule has 226 valence electrons. The highest BCUT2D eigenvalue weighted by molar-refractivity contribution is 5.72. The van der Waals surface area contributed by atoms with Crippen LogP contribution in [-0.2, 0) is 4.79 Å². The summed E-state index contributed by atoms with van der Waals surface area (Å²) in [6.45, 7) is 6.28. The van der Waals surface area contributed by atoms with Gasteiger partial charge in [-0.25, -0.2) is 0 Å². The summed E-state index contributed by atoms with van der Waals surface area (Å²) in [5.41, 5.74) is 0. The number of hydrogen-bond acceptors (Lipinski definition) is 5. The third kappa shape index (κ3) is 22.0. The monoisotopic (exact) mass is 547 g/mol. The van der Waals surface area contributed by atoms with Crippen molar-refractivity contribution in [3.63, 3.8) is 0 Å². The van der Waals surface area contributed by atoms with Crippen molar-refractivity contribution in [2.45, 2.75) is 154 Å². The van der Waals surface area contributed by atoms with Crippen molar-refractivity contribution in [1.82, 2.24) is 4.90 Å². The van der Waals surface area contributed by atoms with Gasteiger partial charge in [-0.1, -0.05) is 135 Å². The minimum atomic E-state index is -0.392. The number of nitrogens with zero attached hydrogens (tertiary/aromatic N) is 1. The van der Waals surface area contributed by atoms with Gasteiger partial charge in [0.2, 0.25) is 0 Å². The Morgan fingerprint density at radius 2 is 1.10 bits per heavy atom. The fourth-order valence-electron chi connectivity index (χ4n) is 5.18. The molecule has 2 N–H and O–H groups in total. The molecule has 2 unspecified atom stereocenters. The molecule has 0 bridgehead atoms. The van der Waals surface area contributed by atoms with Gasteiger partial charge in [0.25, 0.3) is 0 Å². The van der Waals surface area contributed by atoms with E-state index in [2.05, 4.69) is 18.7 Å². The van der Waals surface area contributed by atoms with Gasteiger partial charge >= 0.3 is 5.97 Å². The Kier molecular flexibility index (Phi) is 23.3. The molecule has 0 aliphatic heterocycles. The summed E-state index contributed by atoms with van der Waals surface area (Å²) >= 11 is 0. The molecule has 1 rings (SSSR count). The van der Waals surface area contributed by atoms with Gasteiger partial charge in [0, 0.05) is 19.5 Å². The maximum atomic E-state index is 12.3. The summed E-state index contributed by atoms with van der Waals surface area (Å²) < 4.78 is 5.42. The molecule has 0 radical (unpaired) electrons. The second-order valence-electron chi connectivity index (χ2n) is 11.5. The number of benzene rings is 1. The molecule has 0 aromatic heterocycles. The van der Waals surface area contributed by atoms with E-state index in [-0.39, 0.29) is 5.97 Å². The van der Waals surface area contributed by atoms with Crippen molar-refractivity contribution >= 4 is 5.97 Å². The number of esters is 1. The van der Waals surface area contributed by atoms with Crippen LogP contribution in [0.4, 0.5) is 0 Å². The van der Waals surface area contributed by atoms with Crippen LogP contribution in [0.15, 0.2) is 30.3 Å². The molecular formula is C34H61NO4. The Morgan fingerprint density at radius 1 is 0.667 bits per heavy atom. The summed E-state index contributed by atoms with van der Waals surface area (Å²) in [6, 6.07) is 9.17. The highest BCUT2D eigenvalue weighted by atomic mass is 16.5. The third-order valence-corrected chi connectivity index (χ3v) is 7.55. The average molecular weight is 548 g/mol. The van der Waals surface area contributed by atoms with Crippen LogP contribution in [0, 0.1) is 0 Å². The molecule has 0 spiro atoms. The first-order chi connectivity index (χ1) is 19.0. The molecule has 0 saturated heterocycles. The predicted molar refractivity (Wildman–Crippen MR) is 164 cm³/mol. The molecular weight excluding hydrogens is 486 g/mol. The largest absolute Gasteiger partial charge is 0.427 e. The lowest BCUT2D eigenvalue weighted by molar-refractivity contribution is -0.134. The minimum Gasteiger partial charge on any atom is -0.427 e. The summed E-state index contributed by atoms with van der Waals surface area (Å²) in [6.07, 6.45) is 21.9. The number of unbranched alkanes of at least 4 members (excludes halogenated alkanes) is 14. The van der Waals surface area contributed by atoms with Crippen LogP contribution in [0.25, 0.3) is 0 Å². The maximum Gasteiger partial charge on any atom is 0.311 e. The van der Waals surface area contributed by atoms with E-state index in [9.17, 15) is 15.0 Å². The third-order valence-electron chi connectivity index (χ3n) is 7.55. The highest BCUT2D eigenvalue weighted by Crippen LogP contribution is 2.15. The minimum absolute atomic E-state index is 0.236. The molecule has 1 aromatic rings. The first kappa shape index (κ1) is 35.6. The van der Waals surface area contributed by atoms with Crippen molar-refractivity contribution in [3.05, 3.63) is 30.3 Å². The molecule has 0 amide bonds. The zero-order chi connectivity index (χ0) is 28.4. The number of carbonyl (C=O) groups is 1. The Morgan fingerprint density at radius 3 is 1.56 bits per heavy atom. The zero-order valence-corrected chi connectivity index (χ0v) is 25.5. The smallest absolute Gasteiger partial charge is 0.311 e. The predicted octanol–water partition coefficient (Wildman–Crippen LogP) is 8.46. The van der Waals surface area contributed by atoms with Crippen LogP contribution in [0.3, 0.4) is 0 Å². The van der Waals surface area contributed by atoms with E-state index < -0.39 is 12.2 Å². The molecule has 2 atom stereocenters. The molecule has 0 heterocycles. The quantitative estimate of drug-likeness (QED) is 0.0657. The molecule has 0 aliphatic carbocycles. The van der Waals surface area contributed by atoms with Crippen molar-refractivity contribution in [3.8, 4) is 5.75 Å². The van der Waals surface area contributed by atoms with E-state index in [1.54, 1.807) is 12.1 Å². The Bertz CT molecular complexity index is 640. The van der Waals surface area contributed by atoms with E-state index >= 15 is 0 Å². The van der Waals surface area contributed by atoms with Crippen LogP contribution in [0.2, 0.25) is 0 Å². The summed E-state index contributed by atoms with van der Waals surface area (Å²) in [4.78, 5) is 14.4. The lowest BCUT2D eigenvalue weighted by Crippen LogP contribution is -2.39. The Balaban J connectivity index is 2.36. The number of carbonyl (C=O) groups excluding carboxylic acids is 1. The lowest BCUT2D eigenvalue weighted by Gasteiger charge is -2.27. The molecule has 1 aromatic carbocycles. The van der Waals surface area contributed by atoms with Crippen LogP contribution in [-0.4, -0.2) is 52.9 Å². The van der Waals surface area contributed by atoms with Gasteiger partial charge in [-0.15, -0.1) is 0 Å². The van der Waals surface area contributed by atoms with E-state index in [0.29, 0.717) is 38.2 Å². The van der Waals surface area contributed by atoms with E-state index in [0.717, 1.165) is 25.7 Å². The number of rotatable bonds is 27. The fraction of sp³-hybridized carbons (Fsp3) is 0.794. The molecule has 0 aliphatic rings. The number of aliphatic hydroxyl groups is 2. The SMILES string of the molecule is CCCCCCCCCCC(O)CN(CCCC(=O)Oc1ccccc1)CC(O)CCCCCCCCCC. The van der Waals surface area contributed by atoms with Gasteiger partial charge in [-0.2, -0.15) is 0 Å². The number of hydrogen-bond donors (Lipinski definition) is 2. The van der Waals surface area contributed by atoms with Gasteiger partial charge in [-0.3, -0.25) is 9.69 Å². The van der Waals surface area contributed by atoms with Crippen LogP contribution >= 0.6 is 0 Å². The van der Waals surface area contributed by atoms with E-state index in [1.807, 2.05) is 18.2 Å². The van der Waals surface area contributed by atoms with Gasteiger partial charge in [0.05, 0.1) is 12.2 Å². The number of aliphatic hydroxyl groups excluding tert-OH is 2. The van der Waals surface area contributed by atoms with Crippen molar-refractivity contribution in [2.24, 2.45) is 0 Å². The van der Waals surface area contributed by atoms with Crippen molar-refractivity contribution in [1.29, 1.82) is 0 Å². The summed E-state index contributed by atoms with van der Waals surface area (Å²) in [7, 11) is 0. The second-order valence-corrected chi connectivity index (χ2v) is 11.5. The standard InChI is InChI=1S/C34H61NO4/c1-3-5-7-9-11-13-15-18-23-31(36)29-35(28-22-27-34(38)39-33-25-20-17-21-26-33)30-32(37)24-19-16-14-12-10-8-6-4-2/h17,20-21,25-26,31-32,36-37H,3-16,18-19,22-24,27-30H2,1-2H3.